The molecule has 6 nitrogen and oxygen atoms in total. The Morgan fingerprint density at radius 3 is 2.35 bits per heavy atom. The first-order valence-electron chi connectivity index (χ1n) is 7.13. The third-order valence-electron chi connectivity index (χ3n) is 3.65. The van der Waals surface area contributed by atoms with E-state index >= 15 is 0 Å². The van der Waals surface area contributed by atoms with Crippen molar-refractivity contribution < 1.29 is 21.6 Å². The highest BCUT2D eigenvalue weighted by Gasteiger charge is 2.43. The van der Waals surface area contributed by atoms with Crippen molar-refractivity contribution in [3.05, 3.63) is 23.2 Å². The zero-order valence-corrected chi connectivity index (χ0v) is 15.6. The van der Waals surface area contributed by atoms with Crippen molar-refractivity contribution in [3.63, 3.8) is 0 Å². The van der Waals surface area contributed by atoms with Gasteiger partial charge in [0.1, 0.15) is 5.75 Å². The fraction of sp³-hybridized carbons (Fsp3) is 0.571. The van der Waals surface area contributed by atoms with Crippen LogP contribution in [0.1, 0.15) is 13.8 Å². The Morgan fingerprint density at radius 2 is 1.87 bits per heavy atom. The molecular formula is C14H20ClNO5S2. The van der Waals surface area contributed by atoms with Crippen molar-refractivity contribution in [1.82, 2.24) is 4.31 Å². The minimum atomic E-state index is -3.74. The maximum Gasteiger partial charge on any atom is 0.243 e. The van der Waals surface area contributed by atoms with Gasteiger partial charge in [0.05, 0.1) is 28.0 Å². The summed E-state index contributed by atoms with van der Waals surface area (Å²) in [6.07, 6.45) is 0. The van der Waals surface area contributed by atoms with Gasteiger partial charge in [-0.3, -0.25) is 0 Å². The molecule has 0 aliphatic carbocycles. The highest BCUT2D eigenvalue weighted by molar-refractivity contribution is 7.92. The van der Waals surface area contributed by atoms with Crippen molar-refractivity contribution in [2.24, 2.45) is 5.92 Å². The van der Waals surface area contributed by atoms with E-state index in [-0.39, 0.29) is 34.7 Å². The number of methoxy groups -OCH3 is 1. The fourth-order valence-electron chi connectivity index (χ4n) is 2.38. The van der Waals surface area contributed by atoms with Crippen molar-refractivity contribution in [1.29, 1.82) is 0 Å². The van der Waals surface area contributed by atoms with Gasteiger partial charge in [-0.25, -0.2) is 16.8 Å². The third-order valence-corrected chi connectivity index (χ3v) is 8.22. The largest absolute Gasteiger partial charge is 0.495 e. The highest BCUT2D eigenvalue weighted by atomic mass is 35.5. The van der Waals surface area contributed by atoms with Gasteiger partial charge >= 0.3 is 0 Å². The number of hydrogen-bond donors (Lipinski definition) is 0. The van der Waals surface area contributed by atoms with Crippen LogP contribution in [0.2, 0.25) is 5.02 Å². The van der Waals surface area contributed by atoms with E-state index in [4.69, 9.17) is 16.3 Å². The maximum absolute atomic E-state index is 12.5. The Balaban J connectivity index is 2.14. The number of rotatable bonds is 6. The lowest BCUT2D eigenvalue weighted by atomic mass is 10.3. The lowest BCUT2D eigenvalue weighted by molar-refractivity contribution is 0.309. The summed E-state index contributed by atoms with van der Waals surface area (Å²) in [6.45, 7) is 3.62. The molecule has 0 N–H and O–H groups in total. The standard InChI is InChI=1S/C14H20ClNO5S2/c1-10(2)9-22(17,18)12-7-16(8-12)23(19,20)11-4-5-14(21-3)13(15)6-11/h4-6,10,12H,7-9H2,1-3H3. The average molecular weight is 382 g/mol. The van der Waals surface area contributed by atoms with Gasteiger partial charge in [-0.1, -0.05) is 25.4 Å². The summed E-state index contributed by atoms with van der Waals surface area (Å²) in [5.41, 5.74) is 0. The van der Waals surface area contributed by atoms with Gasteiger partial charge in [0.15, 0.2) is 9.84 Å². The molecule has 1 fully saturated rings. The Kier molecular flexibility index (Phi) is 5.30. The van der Waals surface area contributed by atoms with Crippen LogP contribution in [-0.4, -0.2) is 52.3 Å². The molecule has 1 saturated heterocycles. The number of benzene rings is 1. The van der Waals surface area contributed by atoms with Crippen LogP contribution in [0.25, 0.3) is 0 Å². The van der Waals surface area contributed by atoms with Crippen molar-refractivity contribution >= 4 is 31.5 Å². The second-order valence-electron chi connectivity index (χ2n) is 5.96. The topological polar surface area (TPSA) is 80.8 Å². The van der Waals surface area contributed by atoms with Gasteiger partial charge < -0.3 is 4.74 Å². The molecule has 1 aromatic rings. The molecule has 0 amide bonds. The summed E-state index contributed by atoms with van der Waals surface area (Å²) in [6, 6.07) is 4.18. The van der Waals surface area contributed by atoms with Crippen LogP contribution < -0.4 is 4.74 Å². The van der Waals surface area contributed by atoms with Crippen LogP contribution in [0, 0.1) is 5.92 Å². The molecule has 0 radical (unpaired) electrons. The number of halogens is 1. The molecule has 0 bridgehead atoms. The quantitative estimate of drug-likeness (QED) is 0.750. The Hall–Kier alpha value is -0.830. The smallest absolute Gasteiger partial charge is 0.243 e. The second kappa shape index (κ2) is 6.58. The zero-order valence-electron chi connectivity index (χ0n) is 13.2. The molecule has 1 aromatic carbocycles. The van der Waals surface area contributed by atoms with E-state index in [1.807, 2.05) is 13.8 Å². The van der Waals surface area contributed by atoms with Crippen LogP contribution in [0.3, 0.4) is 0 Å². The molecule has 0 saturated carbocycles. The first-order chi connectivity index (χ1) is 10.6. The lowest BCUT2D eigenvalue weighted by Crippen LogP contribution is -2.57. The number of sulfonamides is 1. The molecule has 0 aromatic heterocycles. The summed E-state index contributed by atoms with van der Waals surface area (Å²) in [5.74, 6) is 0.470. The van der Waals surface area contributed by atoms with E-state index in [1.54, 1.807) is 0 Å². The predicted molar refractivity (Wildman–Crippen MR) is 89.2 cm³/mol. The van der Waals surface area contributed by atoms with Gasteiger partial charge in [-0.05, 0) is 24.1 Å². The van der Waals surface area contributed by atoms with Crippen LogP contribution in [0.5, 0.6) is 5.75 Å². The van der Waals surface area contributed by atoms with Crippen molar-refractivity contribution in [2.75, 3.05) is 26.0 Å². The Morgan fingerprint density at radius 1 is 1.26 bits per heavy atom. The van der Waals surface area contributed by atoms with Gasteiger partial charge in [0, 0.05) is 13.1 Å². The van der Waals surface area contributed by atoms with Gasteiger partial charge in [-0.15, -0.1) is 0 Å². The van der Waals surface area contributed by atoms with E-state index in [0.717, 1.165) is 4.31 Å². The number of ether oxygens (including phenoxy) is 1. The Labute approximate surface area is 142 Å². The van der Waals surface area contributed by atoms with Gasteiger partial charge in [0.25, 0.3) is 0 Å². The minimum Gasteiger partial charge on any atom is -0.495 e. The van der Waals surface area contributed by atoms with Crippen LogP contribution in [0.15, 0.2) is 23.1 Å². The average Bonchev–Trinajstić information content (AvgIpc) is 2.34. The molecule has 23 heavy (non-hydrogen) atoms. The molecular weight excluding hydrogens is 362 g/mol. The summed E-state index contributed by atoms with van der Waals surface area (Å²) in [4.78, 5) is 0.0306. The molecule has 0 atom stereocenters. The van der Waals surface area contributed by atoms with E-state index in [0.29, 0.717) is 5.75 Å². The monoisotopic (exact) mass is 381 g/mol. The summed E-state index contributed by atoms with van der Waals surface area (Å²) >= 11 is 5.96. The predicted octanol–water partition coefficient (Wildman–Crippen LogP) is 1.79. The molecule has 130 valence electrons. The first kappa shape index (κ1) is 18.5. The maximum atomic E-state index is 12.5. The summed E-state index contributed by atoms with van der Waals surface area (Å²) < 4.78 is 55.4. The molecule has 1 aliphatic rings. The van der Waals surface area contributed by atoms with E-state index in [9.17, 15) is 16.8 Å². The molecule has 9 heteroatoms. The van der Waals surface area contributed by atoms with Crippen LogP contribution >= 0.6 is 11.6 Å². The second-order valence-corrected chi connectivity index (χ2v) is 10.6. The Bertz CT molecular complexity index is 783. The van der Waals surface area contributed by atoms with Crippen LogP contribution in [-0.2, 0) is 19.9 Å². The number of nitrogens with zero attached hydrogens (tertiary/aromatic N) is 1. The van der Waals surface area contributed by atoms with E-state index < -0.39 is 25.1 Å². The number of sulfone groups is 1. The van der Waals surface area contributed by atoms with Crippen molar-refractivity contribution in [2.45, 2.75) is 24.0 Å². The third kappa shape index (κ3) is 3.81. The molecule has 2 rings (SSSR count). The number of hydrogen-bond acceptors (Lipinski definition) is 5. The van der Waals surface area contributed by atoms with Gasteiger partial charge in [0.2, 0.25) is 10.0 Å². The fourth-order valence-corrected chi connectivity index (χ4v) is 6.47. The SMILES string of the molecule is COc1ccc(S(=O)(=O)N2CC(S(=O)(=O)CC(C)C)C2)cc1Cl. The zero-order chi connectivity index (χ0) is 17.4. The minimum absolute atomic E-state index is 0.0129. The first-order valence-corrected chi connectivity index (χ1v) is 10.7. The molecule has 1 heterocycles. The van der Waals surface area contributed by atoms with Crippen LogP contribution in [0.4, 0.5) is 0 Å². The van der Waals surface area contributed by atoms with Crippen molar-refractivity contribution in [3.8, 4) is 5.75 Å². The molecule has 1 aliphatic heterocycles. The summed E-state index contributed by atoms with van der Waals surface area (Å²) in [7, 11) is -5.57. The van der Waals surface area contributed by atoms with E-state index in [2.05, 4.69) is 0 Å². The van der Waals surface area contributed by atoms with E-state index in [1.165, 1.54) is 25.3 Å². The normalized spacial score (nSPS) is 17.3. The van der Waals surface area contributed by atoms with Gasteiger partial charge in [-0.2, -0.15) is 4.31 Å². The molecule has 0 unspecified atom stereocenters. The lowest BCUT2D eigenvalue weighted by Gasteiger charge is -2.37. The molecule has 0 spiro atoms. The summed E-state index contributed by atoms with van der Waals surface area (Å²) in [5, 5.41) is -0.438. The highest BCUT2D eigenvalue weighted by Crippen LogP contribution is 2.31.